The minimum Gasteiger partial charge on any atom is -0.480 e. The van der Waals surface area contributed by atoms with Gasteiger partial charge in [-0.25, -0.2) is 14.0 Å². The second-order valence-electron chi connectivity index (χ2n) is 3.97. The summed E-state index contributed by atoms with van der Waals surface area (Å²) in [7, 11) is 0. The van der Waals surface area contributed by atoms with Crippen molar-refractivity contribution in [1.29, 1.82) is 0 Å². The molecule has 2 atom stereocenters. The lowest BCUT2D eigenvalue weighted by atomic mass is 10.1. The third-order valence-electron chi connectivity index (χ3n) is 2.48. The number of carbonyl (C=O) groups is 2. The third-order valence-corrected chi connectivity index (χ3v) is 2.48. The summed E-state index contributed by atoms with van der Waals surface area (Å²) >= 11 is 0. The molecule has 0 bridgehead atoms. The Labute approximate surface area is 109 Å². The first-order valence-corrected chi connectivity index (χ1v) is 5.60. The molecule has 0 aliphatic carbocycles. The Hall–Kier alpha value is -2.15. The number of aliphatic carboxylic acids is 1. The fourth-order valence-corrected chi connectivity index (χ4v) is 1.44. The lowest BCUT2D eigenvalue weighted by Gasteiger charge is -2.17. The van der Waals surface area contributed by atoms with E-state index in [0.29, 0.717) is 5.56 Å². The van der Waals surface area contributed by atoms with Crippen LogP contribution in [0, 0.1) is 5.82 Å². The monoisotopic (exact) mass is 270 g/mol. The number of rotatable bonds is 5. The first-order valence-electron chi connectivity index (χ1n) is 5.60. The van der Waals surface area contributed by atoms with Gasteiger partial charge in [-0.3, -0.25) is 0 Å². The maximum Gasteiger partial charge on any atom is 0.328 e. The normalized spacial score (nSPS) is 13.4. The van der Waals surface area contributed by atoms with E-state index in [-0.39, 0.29) is 0 Å². The van der Waals surface area contributed by atoms with Gasteiger partial charge in [-0.05, 0) is 24.6 Å². The van der Waals surface area contributed by atoms with E-state index in [0.717, 1.165) is 0 Å². The van der Waals surface area contributed by atoms with Crippen LogP contribution in [0.5, 0.6) is 0 Å². The predicted molar refractivity (Wildman–Crippen MR) is 65.0 cm³/mol. The second-order valence-corrected chi connectivity index (χ2v) is 3.97. The molecule has 0 spiro atoms. The number of carboxylic acids is 1. The van der Waals surface area contributed by atoms with Crippen molar-refractivity contribution in [3.63, 3.8) is 0 Å². The molecule has 2 unspecified atom stereocenters. The molecule has 0 saturated heterocycles. The molecular weight excluding hydrogens is 255 g/mol. The molecule has 1 aromatic carbocycles. The van der Waals surface area contributed by atoms with Crippen LogP contribution in [0.2, 0.25) is 0 Å². The molecule has 0 aromatic heterocycles. The summed E-state index contributed by atoms with van der Waals surface area (Å²) in [5, 5.41) is 22.0. The highest BCUT2D eigenvalue weighted by molar-refractivity contribution is 5.82. The average Bonchev–Trinajstić information content (AvgIpc) is 2.35. The van der Waals surface area contributed by atoms with E-state index in [1.54, 1.807) is 13.0 Å². The number of carboxylic acid groups (broad SMARTS) is 1. The molecule has 0 radical (unpaired) electrons. The van der Waals surface area contributed by atoms with Gasteiger partial charge in [-0.15, -0.1) is 0 Å². The summed E-state index contributed by atoms with van der Waals surface area (Å²) in [4.78, 5) is 22.1. The van der Waals surface area contributed by atoms with Gasteiger partial charge in [-0.1, -0.05) is 12.1 Å². The van der Waals surface area contributed by atoms with Gasteiger partial charge in [0.15, 0.2) is 6.04 Å². The van der Waals surface area contributed by atoms with Crippen LogP contribution in [0.25, 0.3) is 0 Å². The molecule has 0 fully saturated rings. The number of nitrogens with one attached hydrogen (secondary N) is 2. The Balaban J connectivity index is 2.59. The van der Waals surface area contributed by atoms with Gasteiger partial charge in [0.05, 0.1) is 12.6 Å². The number of aliphatic hydroxyl groups is 1. The molecule has 0 aliphatic heterocycles. The van der Waals surface area contributed by atoms with Crippen LogP contribution in [0.1, 0.15) is 18.5 Å². The highest BCUT2D eigenvalue weighted by Gasteiger charge is 2.19. The van der Waals surface area contributed by atoms with Gasteiger partial charge in [0.25, 0.3) is 0 Å². The summed E-state index contributed by atoms with van der Waals surface area (Å²) in [6.45, 7) is 0.917. The number of hydrogen-bond donors (Lipinski definition) is 4. The average molecular weight is 270 g/mol. The van der Waals surface area contributed by atoms with Crippen molar-refractivity contribution < 1.29 is 24.2 Å². The maximum atomic E-state index is 13.0. The minimum absolute atomic E-state index is 0.426. The van der Waals surface area contributed by atoms with Crippen LogP contribution in [-0.4, -0.2) is 34.9 Å². The number of carbonyl (C=O) groups excluding carboxylic acids is 1. The van der Waals surface area contributed by atoms with Crippen molar-refractivity contribution in [3.8, 4) is 0 Å². The number of hydrogen-bond acceptors (Lipinski definition) is 3. The zero-order valence-corrected chi connectivity index (χ0v) is 10.3. The van der Waals surface area contributed by atoms with Crippen molar-refractivity contribution in [2.75, 3.05) is 6.61 Å². The molecule has 1 rings (SSSR count). The van der Waals surface area contributed by atoms with E-state index in [2.05, 4.69) is 10.6 Å². The van der Waals surface area contributed by atoms with Crippen LogP contribution in [-0.2, 0) is 4.79 Å². The molecule has 4 N–H and O–H groups in total. The van der Waals surface area contributed by atoms with Gasteiger partial charge in [0.1, 0.15) is 5.82 Å². The molecule has 19 heavy (non-hydrogen) atoms. The number of urea groups is 1. The van der Waals surface area contributed by atoms with Crippen molar-refractivity contribution in [2.24, 2.45) is 0 Å². The topological polar surface area (TPSA) is 98.7 Å². The molecule has 6 nitrogen and oxygen atoms in total. The summed E-state index contributed by atoms with van der Waals surface area (Å²) in [5.74, 6) is -1.76. The Morgan fingerprint density at radius 3 is 2.58 bits per heavy atom. The van der Waals surface area contributed by atoms with Crippen LogP contribution in [0.3, 0.4) is 0 Å². The number of benzene rings is 1. The number of aliphatic hydroxyl groups excluding tert-OH is 1. The molecule has 7 heteroatoms. The Kier molecular flexibility index (Phi) is 5.25. The molecule has 104 valence electrons. The van der Waals surface area contributed by atoms with Crippen LogP contribution in [0.15, 0.2) is 24.3 Å². The van der Waals surface area contributed by atoms with Crippen LogP contribution in [0.4, 0.5) is 9.18 Å². The van der Waals surface area contributed by atoms with E-state index < -0.39 is 36.5 Å². The Morgan fingerprint density at radius 1 is 1.37 bits per heavy atom. The molecule has 0 saturated carbocycles. The van der Waals surface area contributed by atoms with Gasteiger partial charge in [-0.2, -0.15) is 0 Å². The lowest BCUT2D eigenvalue weighted by Crippen LogP contribution is -2.48. The van der Waals surface area contributed by atoms with E-state index in [1.165, 1.54) is 18.2 Å². The third kappa shape index (κ3) is 4.55. The van der Waals surface area contributed by atoms with Crippen molar-refractivity contribution in [3.05, 3.63) is 35.6 Å². The fourth-order valence-electron chi connectivity index (χ4n) is 1.44. The summed E-state index contributed by atoms with van der Waals surface area (Å²) in [6, 6.07) is 3.07. The highest BCUT2D eigenvalue weighted by Crippen LogP contribution is 2.13. The molecular formula is C12H15FN2O4. The summed E-state index contributed by atoms with van der Waals surface area (Å²) in [5.41, 5.74) is 0.547. The fraction of sp³-hybridized carbons (Fsp3) is 0.333. The summed E-state index contributed by atoms with van der Waals surface area (Å²) in [6.07, 6.45) is 0. The standard InChI is InChI=1S/C12H15FN2O4/c1-7(8-3-2-4-9(13)5-8)14-12(19)15-10(6-16)11(17)18/h2-5,7,10,16H,6H2,1H3,(H,17,18)(H2,14,15,19). The number of halogens is 1. The zero-order valence-electron chi connectivity index (χ0n) is 10.3. The first-order chi connectivity index (χ1) is 8.93. The van der Waals surface area contributed by atoms with Crippen molar-refractivity contribution >= 4 is 12.0 Å². The molecule has 0 aliphatic rings. The Morgan fingerprint density at radius 2 is 2.05 bits per heavy atom. The maximum absolute atomic E-state index is 13.0. The molecule has 1 aromatic rings. The smallest absolute Gasteiger partial charge is 0.328 e. The van der Waals surface area contributed by atoms with E-state index in [9.17, 15) is 14.0 Å². The first kappa shape index (κ1) is 14.9. The van der Waals surface area contributed by atoms with E-state index in [4.69, 9.17) is 10.2 Å². The zero-order chi connectivity index (χ0) is 14.4. The Bertz CT molecular complexity index is 467. The highest BCUT2D eigenvalue weighted by atomic mass is 19.1. The number of amides is 2. The van der Waals surface area contributed by atoms with Crippen LogP contribution < -0.4 is 10.6 Å². The summed E-state index contributed by atoms with van der Waals surface area (Å²) < 4.78 is 13.0. The van der Waals surface area contributed by atoms with Crippen molar-refractivity contribution in [1.82, 2.24) is 10.6 Å². The van der Waals surface area contributed by atoms with E-state index in [1.807, 2.05) is 0 Å². The van der Waals surface area contributed by atoms with Crippen molar-refractivity contribution in [2.45, 2.75) is 19.0 Å². The quantitative estimate of drug-likeness (QED) is 0.630. The van der Waals surface area contributed by atoms with Gasteiger partial charge in [0.2, 0.25) is 0 Å². The van der Waals surface area contributed by atoms with Gasteiger partial charge >= 0.3 is 12.0 Å². The van der Waals surface area contributed by atoms with E-state index >= 15 is 0 Å². The predicted octanol–water partition coefficient (Wildman–Crippen LogP) is 0.631. The molecule has 0 heterocycles. The SMILES string of the molecule is CC(NC(=O)NC(CO)C(=O)O)c1cccc(F)c1. The minimum atomic E-state index is -1.38. The largest absolute Gasteiger partial charge is 0.480 e. The lowest BCUT2D eigenvalue weighted by molar-refractivity contribution is -0.140. The van der Waals surface area contributed by atoms with Crippen LogP contribution >= 0.6 is 0 Å². The molecule has 2 amide bonds. The second kappa shape index (κ2) is 6.69. The van der Waals surface area contributed by atoms with Gasteiger partial charge in [0, 0.05) is 0 Å². The van der Waals surface area contributed by atoms with Gasteiger partial charge < -0.3 is 20.8 Å².